The molecule has 0 aliphatic heterocycles. The van der Waals surface area contributed by atoms with Crippen molar-refractivity contribution >= 4 is 11.8 Å². The summed E-state index contributed by atoms with van der Waals surface area (Å²) in [6.07, 6.45) is 1.78. The molecule has 0 spiro atoms. The van der Waals surface area contributed by atoms with Crippen LogP contribution in [0.5, 0.6) is 0 Å². The van der Waals surface area contributed by atoms with Gasteiger partial charge in [0, 0.05) is 19.5 Å². The van der Waals surface area contributed by atoms with Crippen molar-refractivity contribution in [3.63, 3.8) is 0 Å². The standard InChI is InChI=1S/C11H23N3O2/c1-4-7-13-9(15)6-8-14-10(16)11(3,12)5-2/h4-8,12H2,1-3H3,(H,13,15)(H,14,16). The van der Waals surface area contributed by atoms with Crippen molar-refractivity contribution in [2.45, 2.75) is 45.6 Å². The third kappa shape index (κ3) is 5.70. The van der Waals surface area contributed by atoms with Gasteiger partial charge in [-0.25, -0.2) is 0 Å². The van der Waals surface area contributed by atoms with Gasteiger partial charge in [-0.2, -0.15) is 0 Å². The van der Waals surface area contributed by atoms with Gasteiger partial charge in [0.25, 0.3) is 0 Å². The highest BCUT2D eigenvalue weighted by Gasteiger charge is 2.25. The van der Waals surface area contributed by atoms with Crippen LogP contribution >= 0.6 is 0 Å². The lowest BCUT2D eigenvalue weighted by molar-refractivity contribution is -0.126. The number of carbonyl (C=O) groups excluding carboxylic acids is 2. The van der Waals surface area contributed by atoms with Crippen LogP contribution < -0.4 is 16.4 Å². The highest BCUT2D eigenvalue weighted by Crippen LogP contribution is 2.03. The van der Waals surface area contributed by atoms with E-state index in [-0.39, 0.29) is 11.8 Å². The average Bonchev–Trinajstić information content (AvgIpc) is 2.26. The van der Waals surface area contributed by atoms with E-state index in [1.807, 2.05) is 13.8 Å². The zero-order valence-electron chi connectivity index (χ0n) is 10.4. The molecule has 1 atom stereocenters. The topological polar surface area (TPSA) is 84.2 Å². The summed E-state index contributed by atoms with van der Waals surface area (Å²) in [4.78, 5) is 22.7. The normalized spacial score (nSPS) is 14.0. The zero-order chi connectivity index (χ0) is 12.6. The van der Waals surface area contributed by atoms with E-state index in [4.69, 9.17) is 5.73 Å². The minimum absolute atomic E-state index is 0.0441. The fourth-order valence-electron chi connectivity index (χ4n) is 1.00. The van der Waals surface area contributed by atoms with Gasteiger partial charge >= 0.3 is 0 Å². The molecule has 4 N–H and O–H groups in total. The predicted molar refractivity (Wildman–Crippen MR) is 63.8 cm³/mol. The Balaban J connectivity index is 3.74. The van der Waals surface area contributed by atoms with E-state index in [0.717, 1.165) is 6.42 Å². The lowest BCUT2D eigenvalue weighted by Crippen LogP contribution is -2.51. The van der Waals surface area contributed by atoms with Crippen molar-refractivity contribution in [1.82, 2.24) is 10.6 Å². The second-order valence-electron chi connectivity index (χ2n) is 4.13. The number of nitrogens with one attached hydrogen (secondary N) is 2. The summed E-state index contributed by atoms with van der Waals surface area (Å²) < 4.78 is 0. The van der Waals surface area contributed by atoms with Crippen LogP contribution in [0.15, 0.2) is 0 Å². The van der Waals surface area contributed by atoms with Gasteiger partial charge in [0.1, 0.15) is 0 Å². The maximum atomic E-state index is 11.5. The molecule has 1 unspecified atom stereocenters. The Labute approximate surface area is 97.2 Å². The zero-order valence-corrected chi connectivity index (χ0v) is 10.4. The van der Waals surface area contributed by atoms with Gasteiger partial charge in [-0.05, 0) is 19.8 Å². The molecule has 2 amide bonds. The van der Waals surface area contributed by atoms with Crippen LogP contribution in [0.4, 0.5) is 0 Å². The lowest BCUT2D eigenvalue weighted by atomic mass is 10.00. The molecule has 0 aromatic carbocycles. The van der Waals surface area contributed by atoms with Crippen molar-refractivity contribution in [1.29, 1.82) is 0 Å². The van der Waals surface area contributed by atoms with Gasteiger partial charge in [-0.15, -0.1) is 0 Å². The molecule has 0 bridgehead atoms. The van der Waals surface area contributed by atoms with Crippen LogP contribution in [0, 0.1) is 0 Å². The Kier molecular flexibility index (Phi) is 6.72. The first-order valence-electron chi connectivity index (χ1n) is 5.78. The molecule has 0 aromatic heterocycles. The van der Waals surface area contributed by atoms with Gasteiger partial charge in [-0.1, -0.05) is 13.8 Å². The molecule has 0 fully saturated rings. The summed E-state index contributed by atoms with van der Waals surface area (Å²) in [5.74, 6) is -0.254. The van der Waals surface area contributed by atoms with Crippen LogP contribution in [0.25, 0.3) is 0 Å². The van der Waals surface area contributed by atoms with E-state index in [1.54, 1.807) is 6.92 Å². The quantitative estimate of drug-likeness (QED) is 0.581. The minimum Gasteiger partial charge on any atom is -0.356 e. The molecule has 94 valence electrons. The second-order valence-corrected chi connectivity index (χ2v) is 4.13. The van der Waals surface area contributed by atoms with E-state index in [2.05, 4.69) is 10.6 Å². The second kappa shape index (κ2) is 7.22. The Bertz CT molecular complexity index is 239. The van der Waals surface area contributed by atoms with Crippen molar-refractivity contribution in [3.8, 4) is 0 Å². The molecule has 16 heavy (non-hydrogen) atoms. The molecular weight excluding hydrogens is 206 g/mol. The number of amides is 2. The summed E-state index contributed by atoms with van der Waals surface area (Å²) in [5, 5.41) is 5.39. The fraction of sp³-hybridized carbons (Fsp3) is 0.818. The first-order valence-corrected chi connectivity index (χ1v) is 5.78. The predicted octanol–water partition coefficient (Wildman–Crippen LogP) is 0.146. The Morgan fingerprint density at radius 3 is 2.31 bits per heavy atom. The molecule has 0 saturated heterocycles. The van der Waals surface area contributed by atoms with Crippen molar-refractivity contribution < 1.29 is 9.59 Å². The Morgan fingerprint density at radius 2 is 1.81 bits per heavy atom. The molecule has 5 nitrogen and oxygen atoms in total. The number of hydrogen-bond donors (Lipinski definition) is 3. The maximum Gasteiger partial charge on any atom is 0.239 e. The molecule has 0 saturated carbocycles. The summed E-state index contributed by atoms with van der Waals surface area (Å²) in [6.45, 7) is 6.54. The third-order valence-electron chi connectivity index (χ3n) is 2.46. The maximum absolute atomic E-state index is 11.5. The van der Waals surface area contributed by atoms with Gasteiger partial charge < -0.3 is 16.4 Å². The summed E-state index contributed by atoms with van der Waals surface area (Å²) in [7, 11) is 0. The summed E-state index contributed by atoms with van der Waals surface area (Å²) in [5.41, 5.74) is 4.90. The molecule has 0 aliphatic carbocycles. The molecule has 0 heterocycles. The van der Waals surface area contributed by atoms with E-state index in [1.165, 1.54) is 0 Å². The van der Waals surface area contributed by atoms with Crippen LogP contribution in [-0.2, 0) is 9.59 Å². The van der Waals surface area contributed by atoms with E-state index in [9.17, 15) is 9.59 Å². The van der Waals surface area contributed by atoms with Gasteiger partial charge in [0.05, 0.1) is 5.54 Å². The summed E-state index contributed by atoms with van der Waals surface area (Å²) in [6, 6.07) is 0. The summed E-state index contributed by atoms with van der Waals surface area (Å²) >= 11 is 0. The van der Waals surface area contributed by atoms with Crippen LogP contribution in [-0.4, -0.2) is 30.4 Å². The van der Waals surface area contributed by atoms with Crippen molar-refractivity contribution in [2.75, 3.05) is 13.1 Å². The van der Waals surface area contributed by atoms with Gasteiger partial charge in [0.15, 0.2) is 0 Å². The average molecular weight is 229 g/mol. The Morgan fingerprint density at radius 1 is 1.19 bits per heavy atom. The Hall–Kier alpha value is -1.10. The van der Waals surface area contributed by atoms with E-state index in [0.29, 0.717) is 25.9 Å². The number of hydrogen-bond acceptors (Lipinski definition) is 3. The van der Waals surface area contributed by atoms with Crippen molar-refractivity contribution in [3.05, 3.63) is 0 Å². The molecular formula is C11H23N3O2. The molecule has 0 rings (SSSR count). The fourth-order valence-corrected chi connectivity index (χ4v) is 1.00. The van der Waals surface area contributed by atoms with Crippen LogP contribution in [0.2, 0.25) is 0 Å². The number of rotatable bonds is 7. The smallest absolute Gasteiger partial charge is 0.239 e. The molecule has 0 aliphatic rings. The monoisotopic (exact) mass is 229 g/mol. The van der Waals surface area contributed by atoms with Gasteiger partial charge in [-0.3, -0.25) is 9.59 Å². The first kappa shape index (κ1) is 14.9. The first-order chi connectivity index (χ1) is 7.44. The molecule has 0 radical (unpaired) electrons. The molecule has 0 aromatic rings. The SMILES string of the molecule is CCCNC(=O)CCNC(=O)C(C)(N)CC. The third-order valence-corrected chi connectivity index (χ3v) is 2.46. The number of carbonyl (C=O) groups is 2. The minimum atomic E-state index is -0.847. The lowest BCUT2D eigenvalue weighted by Gasteiger charge is -2.21. The highest BCUT2D eigenvalue weighted by molar-refractivity contribution is 5.86. The van der Waals surface area contributed by atoms with E-state index < -0.39 is 5.54 Å². The van der Waals surface area contributed by atoms with E-state index >= 15 is 0 Å². The highest BCUT2D eigenvalue weighted by atomic mass is 16.2. The van der Waals surface area contributed by atoms with Crippen molar-refractivity contribution in [2.24, 2.45) is 5.73 Å². The molecule has 5 heteroatoms. The largest absolute Gasteiger partial charge is 0.356 e. The van der Waals surface area contributed by atoms with Crippen LogP contribution in [0.1, 0.15) is 40.0 Å². The van der Waals surface area contributed by atoms with Gasteiger partial charge in [0.2, 0.25) is 11.8 Å². The number of nitrogens with two attached hydrogens (primary N) is 1. The van der Waals surface area contributed by atoms with Crippen LogP contribution in [0.3, 0.4) is 0 Å².